The highest BCUT2D eigenvalue weighted by molar-refractivity contribution is 5.82. The van der Waals surface area contributed by atoms with E-state index in [4.69, 9.17) is 0 Å². The fourth-order valence-corrected chi connectivity index (χ4v) is 2.99. The van der Waals surface area contributed by atoms with Gasteiger partial charge in [-0.2, -0.15) is 5.10 Å². The molecule has 1 aromatic rings. The lowest BCUT2D eigenvalue weighted by atomic mass is 9.74. The normalized spacial score (nSPS) is 19.5. The van der Waals surface area contributed by atoms with Crippen molar-refractivity contribution in [2.45, 2.75) is 46.5 Å². The summed E-state index contributed by atoms with van der Waals surface area (Å²) in [5.41, 5.74) is 2.06. The van der Waals surface area contributed by atoms with Crippen LogP contribution in [0.3, 0.4) is 0 Å². The molecule has 5 heteroatoms. The average Bonchev–Trinajstić information content (AvgIpc) is 2.89. The summed E-state index contributed by atoms with van der Waals surface area (Å²) in [6.45, 7) is 8.93. The molecule has 1 aromatic heterocycles. The minimum atomic E-state index is -0.293. The Morgan fingerprint density at radius 3 is 2.95 bits per heavy atom. The van der Waals surface area contributed by atoms with Crippen molar-refractivity contribution in [3.8, 4) is 0 Å². The van der Waals surface area contributed by atoms with E-state index < -0.39 is 0 Å². The van der Waals surface area contributed by atoms with E-state index in [1.54, 1.807) is 0 Å². The van der Waals surface area contributed by atoms with Crippen molar-refractivity contribution in [3.05, 3.63) is 17.5 Å². The minimum Gasteiger partial charge on any atom is -0.356 e. The number of hydrogen-bond acceptors (Lipinski definition) is 3. The Morgan fingerprint density at radius 2 is 2.33 bits per heavy atom. The van der Waals surface area contributed by atoms with Crippen LogP contribution in [0, 0.1) is 18.3 Å². The number of carbonyl (C=O) groups is 1. The number of aromatic nitrogens is 2. The van der Waals surface area contributed by atoms with Crippen LogP contribution < -0.4 is 10.6 Å². The summed E-state index contributed by atoms with van der Waals surface area (Å²) in [6.07, 6.45) is 6.08. The van der Waals surface area contributed by atoms with E-state index in [9.17, 15) is 4.79 Å². The number of rotatable bonds is 6. The quantitative estimate of drug-likeness (QED) is 0.700. The molecule has 0 spiro atoms. The zero-order valence-electron chi connectivity index (χ0n) is 13.5. The molecule has 0 saturated carbocycles. The first-order valence-electron chi connectivity index (χ1n) is 7.99. The molecule has 5 nitrogen and oxygen atoms in total. The number of piperidine rings is 1. The number of amides is 1. The molecular weight excluding hydrogens is 264 g/mol. The van der Waals surface area contributed by atoms with Crippen LogP contribution in [0.5, 0.6) is 0 Å². The Balaban J connectivity index is 1.74. The summed E-state index contributed by atoms with van der Waals surface area (Å²) >= 11 is 0. The summed E-state index contributed by atoms with van der Waals surface area (Å²) in [5, 5.41) is 13.5. The fraction of sp³-hybridized carbons (Fsp3) is 0.750. The van der Waals surface area contributed by atoms with Crippen LogP contribution in [-0.4, -0.2) is 35.7 Å². The lowest BCUT2D eigenvalue weighted by molar-refractivity contribution is -0.132. The Morgan fingerprint density at radius 1 is 1.52 bits per heavy atom. The van der Waals surface area contributed by atoms with Crippen LogP contribution >= 0.6 is 0 Å². The monoisotopic (exact) mass is 292 g/mol. The SMILES string of the molecule is Cc1[nH]ncc1CCCNC(=O)C(C)(C)C1CCCNC1. The van der Waals surface area contributed by atoms with E-state index >= 15 is 0 Å². The third-order valence-corrected chi connectivity index (χ3v) is 4.75. The zero-order valence-corrected chi connectivity index (χ0v) is 13.5. The molecule has 1 saturated heterocycles. The van der Waals surface area contributed by atoms with E-state index in [-0.39, 0.29) is 11.3 Å². The highest BCUT2D eigenvalue weighted by Gasteiger charge is 2.36. The van der Waals surface area contributed by atoms with Crippen molar-refractivity contribution >= 4 is 5.91 Å². The topological polar surface area (TPSA) is 69.8 Å². The van der Waals surface area contributed by atoms with Gasteiger partial charge in [0.2, 0.25) is 5.91 Å². The molecule has 2 rings (SSSR count). The summed E-state index contributed by atoms with van der Waals surface area (Å²) < 4.78 is 0. The molecule has 0 aliphatic carbocycles. The lowest BCUT2D eigenvalue weighted by Crippen LogP contribution is -2.47. The van der Waals surface area contributed by atoms with Gasteiger partial charge in [-0.25, -0.2) is 0 Å². The van der Waals surface area contributed by atoms with Gasteiger partial charge in [0.25, 0.3) is 0 Å². The van der Waals surface area contributed by atoms with E-state index in [1.807, 2.05) is 13.1 Å². The summed E-state index contributed by atoms with van der Waals surface area (Å²) in [7, 11) is 0. The van der Waals surface area contributed by atoms with Crippen molar-refractivity contribution in [1.29, 1.82) is 0 Å². The third-order valence-electron chi connectivity index (χ3n) is 4.75. The first-order chi connectivity index (χ1) is 10.0. The Labute approximate surface area is 127 Å². The Hall–Kier alpha value is -1.36. The van der Waals surface area contributed by atoms with Gasteiger partial charge in [-0.1, -0.05) is 13.8 Å². The van der Waals surface area contributed by atoms with Crippen LogP contribution in [0.4, 0.5) is 0 Å². The van der Waals surface area contributed by atoms with Gasteiger partial charge in [0.1, 0.15) is 0 Å². The molecular formula is C16H28N4O. The van der Waals surface area contributed by atoms with Crippen LogP contribution in [0.2, 0.25) is 0 Å². The van der Waals surface area contributed by atoms with Crippen LogP contribution in [0.25, 0.3) is 0 Å². The number of hydrogen-bond donors (Lipinski definition) is 3. The van der Waals surface area contributed by atoms with Gasteiger partial charge in [0.05, 0.1) is 6.20 Å². The van der Waals surface area contributed by atoms with Gasteiger partial charge in [-0.15, -0.1) is 0 Å². The summed E-state index contributed by atoms with van der Waals surface area (Å²) in [5.74, 6) is 0.613. The van der Waals surface area contributed by atoms with Crippen molar-refractivity contribution < 1.29 is 4.79 Å². The van der Waals surface area contributed by atoms with Crippen molar-refractivity contribution in [3.63, 3.8) is 0 Å². The molecule has 1 atom stereocenters. The molecule has 1 fully saturated rings. The number of aromatic amines is 1. The van der Waals surface area contributed by atoms with Gasteiger partial charge in [-0.05, 0) is 57.2 Å². The van der Waals surface area contributed by atoms with E-state index in [1.165, 1.54) is 12.0 Å². The summed E-state index contributed by atoms with van der Waals surface area (Å²) in [4.78, 5) is 12.4. The van der Waals surface area contributed by atoms with Gasteiger partial charge < -0.3 is 10.6 Å². The maximum Gasteiger partial charge on any atom is 0.225 e. The first kappa shape index (κ1) is 16.0. The maximum atomic E-state index is 12.4. The third kappa shape index (κ3) is 4.06. The largest absolute Gasteiger partial charge is 0.356 e. The minimum absolute atomic E-state index is 0.181. The van der Waals surface area contributed by atoms with E-state index in [0.717, 1.165) is 44.6 Å². The smallest absolute Gasteiger partial charge is 0.225 e. The molecule has 2 heterocycles. The summed E-state index contributed by atoms with van der Waals surface area (Å²) in [6, 6.07) is 0. The number of nitrogens with zero attached hydrogens (tertiary/aromatic N) is 1. The standard InChI is InChI=1S/C16H28N4O/c1-12-13(10-19-20-12)6-4-9-18-15(21)16(2,3)14-7-5-8-17-11-14/h10,14,17H,4-9,11H2,1-3H3,(H,18,21)(H,19,20). The van der Waals surface area contributed by atoms with Crippen molar-refractivity contribution in [2.75, 3.05) is 19.6 Å². The molecule has 0 radical (unpaired) electrons. The highest BCUT2D eigenvalue weighted by atomic mass is 16.2. The van der Waals surface area contributed by atoms with Crippen LogP contribution in [-0.2, 0) is 11.2 Å². The number of carbonyl (C=O) groups excluding carboxylic acids is 1. The molecule has 1 aliphatic rings. The van der Waals surface area contributed by atoms with Gasteiger partial charge in [0.15, 0.2) is 0 Å². The molecule has 1 amide bonds. The molecule has 3 N–H and O–H groups in total. The van der Waals surface area contributed by atoms with Crippen LogP contribution in [0.1, 0.15) is 44.4 Å². The molecule has 0 bridgehead atoms. The molecule has 0 aromatic carbocycles. The van der Waals surface area contributed by atoms with Gasteiger partial charge >= 0.3 is 0 Å². The molecule has 1 aliphatic heterocycles. The molecule has 1 unspecified atom stereocenters. The number of H-pyrrole nitrogens is 1. The van der Waals surface area contributed by atoms with Gasteiger partial charge in [0, 0.05) is 17.7 Å². The van der Waals surface area contributed by atoms with Crippen molar-refractivity contribution in [1.82, 2.24) is 20.8 Å². The van der Waals surface area contributed by atoms with E-state index in [2.05, 4.69) is 34.7 Å². The zero-order chi connectivity index (χ0) is 15.3. The number of nitrogens with one attached hydrogen (secondary N) is 3. The second-order valence-corrected chi connectivity index (χ2v) is 6.64. The molecule has 21 heavy (non-hydrogen) atoms. The second kappa shape index (κ2) is 7.07. The van der Waals surface area contributed by atoms with Crippen molar-refractivity contribution in [2.24, 2.45) is 11.3 Å². The number of aryl methyl sites for hydroxylation is 2. The second-order valence-electron chi connectivity index (χ2n) is 6.64. The Bertz CT molecular complexity index is 461. The molecule has 118 valence electrons. The van der Waals surface area contributed by atoms with Crippen LogP contribution in [0.15, 0.2) is 6.20 Å². The fourth-order valence-electron chi connectivity index (χ4n) is 2.99. The first-order valence-corrected chi connectivity index (χ1v) is 7.99. The predicted octanol–water partition coefficient (Wildman–Crippen LogP) is 1.79. The highest BCUT2D eigenvalue weighted by Crippen LogP contribution is 2.31. The van der Waals surface area contributed by atoms with E-state index in [0.29, 0.717) is 5.92 Å². The maximum absolute atomic E-state index is 12.4. The predicted molar refractivity (Wildman–Crippen MR) is 84.0 cm³/mol. The average molecular weight is 292 g/mol. The Kier molecular flexibility index (Phi) is 5.39. The lowest BCUT2D eigenvalue weighted by Gasteiger charge is -2.36. The van der Waals surface area contributed by atoms with Gasteiger partial charge in [-0.3, -0.25) is 9.89 Å².